The summed E-state index contributed by atoms with van der Waals surface area (Å²) >= 11 is 0. The number of carbonyl (C=O) groups is 2. The second-order valence-corrected chi connectivity index (χ2v) is 5.18. The van der Waals surface area contributed by atoms with E-state index in [4.69, 9.17) is 5.11 Å². The van der Waals surface area contributed by atoms with Gasteiger partial charge in [-0.05, 0) is 19.8 Å². The lowest BCUT2D eigenvalue weighted by Crippen LogP contribution is -2.40. The van der Waals surface area contributed by atoms with E-state index in [9.17, 15) is 9.59 Å². The molecule has 1 fully saturated rings. The zero-order valence-corrected chi connectivity index (χ0v) is 11.5. The maximum absolute atomic E-state index is 12.3. The van der Waals surface area contributed by atoms with Crippen molar-refractivity contribution in [1.82, 2.24) is 24.9 Å². The Kier molecular flexibility index (Phi) is 3.28. The van der Waals surface area contributed by atoms with Crippen LogP contribution in [-0.2, 0) is 4.79 Å². The standard InChI is InChI=1S/C13H15N5O3/c1-7-9(5-14-13-15-6-16-18(7)13)11(19)17-10-4-2-3-8(10)12(20)21/h5-6,8,10H,2-4H2,1H3,(H,17,19)(H,20,21). The van der Waals surface area contributed by atoms with E-state index in [0.717, 1.165) is 6.42 Å². The highest BCUT2D eigenvalue weighted by atomic mass is 16.4. The first-order valence-electron chi connectivity index (χ1n) is 6.77. The van der Waals surface area contributed by atoms with Crippen LogP contribution < -0.4 is 5.32 Å². The number of nitrogens with zero attached hydrogens (tertiary/aromatic N) is 4. The fourth-order valence-electron chi connectivity index (χ4n) is 2.79. The van der Waals surface area contributed by atoms with Gasteiger partial charge in [-0.2, -0.15) is 10.1 Å². The van der Waals surface area contributed by atoms with Crippen molar-refractivity contribution in [1.29, 1.82) is 0 Å². The van der Waals surface area contributed by atoms with Gasteiger partial charge in [0.2, 0.25) is 0 Å². The molecule has 1 aliphatic carbocycles. The molecule has 2 unspecified atom stereocenters. The monoisotopic (exact) mass is 289 g/mol. The Morgan fingerprint density at radius 3 is 2.95 bits per heavy atom. The van der Waals surface area contributed by atoms with Crippen molar-refractivity contribution in [3.63, 3.8) is 0 Å². The van der Waals surface area contributed by atoms with Gasteiger partial charge in [0.1, 0.15) is 6.33 Å². The highest BCUT2D eigenvalue weighted by molar-refractivity contribution is 5.95. The molecule has 2 aromatic heterocycles. The molecule has 1 amide bonds. The van der Waals surface area contributed by atoms with Gasteiger partial charge in [0.25, 0.3) is 11.7 Å². The number of fused-ring (bicyclic) bond motifs is 1. The van der Waals surface area contributed by atoms with Crippen molar-refractivity contribution in [3.05, 3.63) is 23.8 Å². The minimum atomic E-state index is -0.862. The van der Waals surface area contributed by atoms with Gasteiger partial charge in [-0.15, -0.1) is 0 Å². The number of aromatic nitrogens is 4. The molecule has 2 heterocycles. The van der Waals surface area contributed by atoms with Crippen LogP contribution in [0.4, 0.5) is 0 Å². The van der Waals surface area contributed by atoms with Crippen molar-refractivity contribution in [2.45, 2.75) is 32.2 Å². The molecule has 2 atom stereocenters. The Hall–Kier alpha value is -2.51. The number of hydrogen-bond acceptors (Lipinski definition) is 5. The van der Waals surface area contributed by atoms with Crippen LogP contribution in [0.5, 0.6) is 0 Å². The molecule has 2 N–H and O–H groups in total. The van der Waals surface area contributed by atoms with E-state index in [2.05, 4.69) is 20.4 Å². The van der Waals surface area contributed by atoms with E-state index < -0.39 is 11.9 Å². The summed E-state index contributed by atoms with van der Waals surface area (Å²) in [5.41, 5.74) is 1.00. The van der Waals surface area contributed by atoms with Crippen molar-refractivity contribution in [2.24, 2.45) is 5.92 Å². The largest absolute Gasteiger partial charge is 0.481 e. The Balaban J connectivity index is 1.84. The topological polar surface area (TPSA) is 109 Å². The predicted molar refractivity (Wildman–Crippen MR) is 71.8 cm³/mol. The second kappa shape index (κ2) is 5.12. The molecule has 1 saturated carbocycles. The smallest absolute Gasteiger partial charge is 0.308 e. The SMILES string of the molecule is Cc1c(C(=O)NC2CCCC2C(=O)O)cnc2ncnn12. The van der Waals surface area contributed by atoms with Gasteiger partial charge < -0.3 is 10.4 Å². The first-order valence-corrected chi connectivity index (χ1v) is 6.77. The molecule has 0 aromatic carbocycles. The fraction of sp³-hybridized carbons (Fsp3) is 0.462. The zero-order chi connectivity index (χ0) is 15.0. The molecule has 1 aliphatic rings. The van der Waals surface area contributed by atoms with Gasteiger partial charge in [0.05, 0.1) is 17.2 Å². The molecule has 0 spiro atoms. The molecular formula is C13H15N5O3. The average Bonchev–Trinajstić information content (AvgIpc) is 3.07. The van der Waals surface area contributed by atoms with Crippen LogP contribution in [-0.4, -0.2) is 42.6 Å². The third-order valence-corrected chi connectivity index (χ3v) is 3.94. The van der Waals surface area contributed by atoms with Gasteiger partial charge in [0, 0.05) is 12.2 Å². The lowest BCUT2D eigenvalue weighted by atomic mass is 10.0. The summed E-state index contributed by atoms with van der Waals surface area (Å²) < 4.78 is 1.48. The van der Waals surface area contributed by atoms with Gasteiger partial charge >= 0.3 is 5.97 Å². The maximum Gasteiger partial charge on any atom is 0.308 e. The van der Waals surface area contributed by atoms with Crippen molar-refractivity contribution in [3.8, 4) is 0 Å². The highest BCUT2D eigenvalue weighted by Crippen LogP contribution is 2.26. The minimum Gasteiger partial charge on any atom is -0.481 e. The lowest BCUT2D eigenvalue weighted by Gasteiger charge is -2.18. The van der Waals surface area contributed by atoms with Crippen molar-refractivity contribution >= 4 is 17.7 Å². The van der Waals surface area contributed by atoms with Crippen LogP contribution in [0.15, 0.2) is 12.5 Å². The summed E-state index contributed by atoms with van der Waals surface area (Å²) in [4.78, 5) is 31.5. The first-order chi connectivity index (χ1) is 10.1. The third kappa shape index (κ3) is 2.32. The van der Waals surface area contributed by atoms with Gasteiger partial charge in [-0.3, -0.25) is 9.59 Å². The summed E-state index contributed by atoms with van der Waals surface area (Å²) in [7, 11) is 0. The molecule has 2 aromatic rings. The van der Waals surface area contributed by atoms with E-state index in [1.165, 1.54) is 17.0 Å². The molecule has 21 heavy (non-hydrogen) atoms. The Morgan fingerprint density at radius 1 is 1.38 bits per heavy atom. The normalized spacial score (nSPS) is 21.6. The molecule has 110 valence electrons. The number of aliphatic carboxylic acids is 1. The van der Waals surface area contributed by atoms with E-state index in [0.29, 0.717) is 29.9 Å². The number of carboxylic acid groups (broad SMARTS) is 1. The van der Waals surface area contributed by atoms with Crippen molar-refractivity contribution in [2.75, 3.05) is 0 Å². The summed E-state index contributed by atoms with van der Waals surface area (Å²) in [6, 6.07) is -0.333. The van der Waals surface area contributed by atoms with E-state index >= 15 is 0 Å². The first kappa shape index (κ1) is 13.5. The Bertz CT molecular complexity index is 711. The highest BCUT2D eigenvalue weighted by Gasteiger charge is 2.34. The number of carbonyl (C=O) groups excluding carboxylic acids is 1. The van der Waals surface area contributed by atoms with Crippen LogP contribution in [0.25, 0.3) is 5.78 Å². The van der Waals surface area contributed by atoms with Crippen molar-refractivity contribution < 1.29 is 14.7 Å². The van der Waals surface area contributed by atoms with Crippen LogP contribution >= 0.6 is 0 Å². The van der Waals surface area contributed by atoms with Crippen LogP contribution in [0.2, 0.25) is 0 Å². The van der Waals surface area contributed by atoms with Crippen LogP contribution in [0.1, 0.15) is 35.3 Å². The zero-order valence-electron chi connectivity index (χ0n) is 11.5. The number of amides is 1. The summed E-state index contributed by atoms with van der Waals surface area (Å²) in [6.07, 6.45) is 4.90. The van der Waals surface area contributed by atoms with Gasteiger partial charge in [-0.1, -0.05) is 6.42 Å². The predicted octanol–water partition coefficient (Wildman–Crippen LogP) is 0.416. The molecular weight excluding hydrogens is 274 g/mol. The molecule has 0 bridgehead atoms. The fourth-order valence-corrected chi connectivity index (χ4v) is 2.79. The maximum atomic E-state index is 12.3. The number of rotatable bonds is 3. The molecule has 0 aliphatic heterocycles. The number of hydrogen-bond donors (Lipinski definition) is 2. The number of nitrogens with one attached hydrogen (secondary N) is 1. The molecule has 3 rings (SSSR count). The number of aryl methyl sites for hydroxylation is 1. The molecule has 8 heteroatoms. The Morgan fingerprint density at radius 2 is 2.19 bits per heavy atom. The van der Waals surface area contributed by atoms with Crippen LogP contribution in [0, 0.1) is 12.8 Å². The molecule has 8 nitrogen and oxygen atoms in total. The third-order valence-electron chi connectivity index (χ3n) is 3.94. The quantitative estimate of drug-likeness (QED) is 0.847. The summed E-state index contributed by atoms with van der Waals surface area (Å²) in [6.45, 7) is 1.75. The molecule has 0 radical (unpaired) electrons. The summed E-state index contributed by atoms with van der Waals surface area (Å²) in [5, 5.41) is 16.0. The van der Waals surface area contributed by atoms with E-state index in [1.54, 1.807) is 6.92 Å². The van der Waals surface area contributed by atoms with E-state index in [1.807, 2.05) is 0 Å². The van der Waals surface area contributed by atoms with Crippen LogP contribution in [0.3, 0.4) is 0 Å². The lowest BCUT2D eigenvalue weighted by molar-refractivity contribution is -0.142. The number of carboxylic acids is 1. The van der Waals surface area contributed by atoms with E-state index in [-0.39, 0.29) is 11.9 Å². The van der Waals surface area contributed by atoms with Gasteiger partial charge in [-0.25, -0.2) is 9.50 Å². The Labute approximate surface area is 120 Å². The van der Waals surface area contributed by atoms with Gasteiger partial charge in [0.15, 0.2) is 0 Å². The minimum absolute atomic E-state index is 0.324. The second-order valence-electron chi connectivity index (χ2n) is 5.18. The average molecular weight is 289 g/mol. The molecule has 0 saturated heterocycles. The summed E-state index contributed by atoms with van der Waals surface area (Å²) in [5.74, 6) is -1.28.